The van der Waals surface area contributed by atoms with Crippen LogP contribution in [0, 0.1) is 0 Å². The van der Waals surface area contributed by atoms with Crippen molar-refractivity contribution < 1.29 is 8.78 Å². The number of rotatable bonds is 6. The fourth-order valence-corrected chi connectivity index (χ4v) is 2.18. The van der Waals surface area contributed by atoms with Crippen LogP contribution in [0.15, 0.2) is 30.3 Å². The molecule has 0 bridgehead atoms. The molecule has 0 atom stereocenters. The van der Waals surface area contributed by atoms with Crippen molar-refractivity contribution in [2.45, 2.75) is 19.9 Å². The van der Waals surface area contributed by atoms with Crippen LogP contribution in [0.1, 0.15) is 12.6 Å². The molecule has 20 heavy (non-hydrogen) atoms. The molecule has 0 unspecified atom stereocenters. The summed E-state index contributed by atoms with van der Waals surface area (Å²) in [6.45, 7) is 3.22. The number of pyridine rings is 1. The van der Waals surface area contributed by atoms with E-state index in [1.54, 1.807) is 11.9 Å². The maximum absolute atomic E-state index is 12.6. The molecule has 0 saturated carbocycles. The van der Waals surface area contributed by atoms with E-state index in [0.29, 0.717) is 6.54 Å². The third-order valence-corrected chi connectivity index (χ3v) is 3.13. The van der Waals surface area contributed by atoms with Crippen LogP contribution in [0.4, 0.5) is 14.5 Å². The quantitative estimate of drug-likeness (QED) is 0.881. The predicted molar refractivity (Wildman–Crippen MR) is 78.4 cm³/mol. The van der Waals surface area contributed by atoms with Crippen LogP contribution in [-0.2, 0) is 6.54 Å². The first-order valence-electron chi connectivity index (χ1n) is 6.70. The number of aromatic nitrogens is 1. The second-order valence-electron chi connectivity index (χ2n) is 4.70. The van der Waals surface area contributed by atoms with Crippen molar-refractivity contribution in [1.29, 1.82) is 0 Å². The normalized spacial score (nSPS) is 11.2. The number of anilines is 1. The molecule has 0 aliphatic rings. The van der Waals surface area contributed by atoms with Gasteiger partial charge in [0.2, 0.25) is 0 Å². The number of halogens is 2. The van der Waals surface area contributed by atoms with Crippen LogP contribution in [0.3, 0.4) is 0 Å². The summed E-state index contributed by atoms with van der Waals surface area (Å²) in [4.78, 5) is 6.15. The maximum atomic E-state index is 12.6. The van der Waals surface area contributed by atoms with Gasteiger partial charge in [0.25, 0.3) is 6.43 Å². The van der Waals surface area contributed by atoms with E-state index >= 15 is 0 Å². The minimum atomic E-state index is -2.36. The van der Waals surface area contributed by atoms with Gasteiger partial charge in [-0.3, -0.25) is 4.98 Å². The molecule has 0 spiro atoms. The molecule has 5 heteroatoms. The fourth-order valence-electron chi connectivity index (χ4n) is 2.18. The lowest BCUT2D eigenvalue weighted by Crippen LogP contribution is -2.24. The van der Waals surface area contributed by atoms with Gasteiger partial charge in [0, 0.05) is 24.7 Å². The molecular formula is C15H19F2N3. The summed E-state index contributed by atoms with van der Waals surface area (Å²) in [7, 11) is 1.69. The molecule has 2 rings (SSSR count). The number of fused-ring (bicyclic) bond motifs is 1. The Labute approximate surface area is 117 Å². The largest absolute Gasteiger partial charge is 0.368 e. The number of para-hydroxylation sites is 1. The minimum Gasteiger partial charge on any atom is -0.368 e. The average molecular weight is 279 g/mol. The van der Waals surface area contributed by atoms with E-state index in [1.807, 2.05) is 37.3 Å². The first-order chi connectivity index (χ1) is 9.61. The average Bonchev–Trinajstić information content (AvgIpc) is 2.43. The molecule has 0 aliphatic carbocycles. The Morgan fingerprint density at radius 1 is 1.30 bits per heavy atom. The molecule has 0 aliphatic heterocycles. The highest BCUT2D eigenvalue weighted by Crippen LogP contribution is 2.26. The standard InChI is InChI=1S/C15H19F2N3/c1-3-18-9-11-8-14(20(2)10-15(16)17)12-6-4-5-7-13(12)19-11/h4-8,15,18H,3,9-10H2,1-2H3. The number of nitrogens with one attached hydrogen (secondary N) is 1. The van der Waals surface area contributed by atoms with Crippen molar-refractivity contribution in [2.75, 3.05) is 25.0 Å². The lowest BCUT2D eigenvalue weighted by atomic mass is 10.1. The highest BCUT2D eigenvalue weighted by molar-refractivity contribution is 5.91. The van der Waals surface area contributed by atoms with E-state index in [1.165, 1.54) is 0 Å². The minimum absolute atomic E-state index is 0.283. The molecule has 2 aromatic rings. The van der Waals surface area contributed by atoms with Crippen molar-refractivity contribution in [3.05, 3.63) is 36.0 Å². The van der Waals surface area contributed by atoms with Crippen LogP contribution >= 0.6 is 0 Å². The van der Waals surface area contributed by atoms with Crippen molar-refractivity contribution in [3.8, 4) is 0 Å². The number of hydrogen-bond donors (Lipinski definition) is 1. The van der Waals surface area contributed by atoms with Crippen molar-refractivity contribution in [1.82, 2.24) is 10.3 Å². The van der Waals surface area contributed by atoms with Gasteiger partial charge in [-0.25, -0.2) is 8.78 Å². The van der Waals surface area contributed by atoms with Gasteiger partial charge >= 0.3 is 0 Å². The van der Waals surface area contributed by atoms with Crippen LogP contribution in [-0.4, -0.2) is 31.5 Å². The molecule has 108 valence electrons. The molecule has 1 aromatic carbocycles. The zero-order valence-electron chi connectivity index (χ0n) is 11.7. The summed E-state index contributed by atoms with van der Waals surface area (Å²) in [5.41, 5.74) is 2.49. The Kier molecular flexibility index (Phi) is 4.84. The number of alkyl halides is 2. The lowest BCUT2D eigenvalue weighted by Gasteiger charge is -2.21. The molecular weight excluding hydrogens is 260 g/mol. The van der Waals surface area contributed by atoms with E-state index in [-0.39, 0.29) is 6.54 Å². The monoisotopic (exact) mass is 279 g/mol. The summed E-state index contributed by atoms with van der Waals surface area (Å²) in [6.07, 6.45) is -2.36. The van der Waals surface area contributed by atoms with Crippen LogP contribution in [0.5, 0.6) is 0 Å². The number of hydrogen-bond acceptors (Lipinski definition) is 3. The van der Waals surface area contributed by atoms with Crippen molar-refractivity contribution in [3.63, 3.8) is 0 Å². The van der Waals surface area contributed by atoms with Gasteiger partial charge in [-0.2, -0.15) is 0 Å². The molecule has 1 N–H and O–H groups in total. The van der Waals surface area contributed by atoms with E-state index in [9.17, 15) is 8.78 Å². The van der Waals surface area contributed by atoms with Crippen molar-refractivity contribution >= 4 is 16.6 Å². The Morgan fingerprint density at radius 2 is 2.05 bits per heavy atom. The highest BCUT2D eigenvalue weighted by Gasteiger charge is 2.13. The van der Waals surface area contributed by atoms with Gasteiger partial charge in [-0.05, 0) is 18.7 Å². The van der Waals surface area contributed by atoms with E-state index < -0.39 is 6.43 Å². The summed E-state index contributed by atoms with van der Waals surface area (Å²) in [6, 6.07) is 9.51. The third-order valence-electron chi connectivity index (χ3n) is 3.13. The Morgan fingerprint density at radius 3 is 2.75 bits per heavy atom. The summed E-state index contributed by atoms with van der Waals surface area (Å²) in [5, 5.41) is 4.11. The zero-order chi connectivity index (χ0) is 14.5. The molecule has 0 radical (unpaired) electrons. The van der Waals surface area contributed by atoms with Crippen LogP contribution in [0.25, 0.3) is 10.9 Å². The Bertz CT molecular complexity index is 572. The van der Waals surface area contributed by atoms with Crippen molar-refractivity contribution in [2.24, 2.45) is 0 Å². The van der Waals surface area contributed by atoms with Gasteiger partial charge in [0.15, 0.2) is 0 Å². The van der Waals surface area contributed by atoms with Gasteiger partial charge in [0.1, 0.15) is 0 Å². The number of nitrogens with zero attached hydrogens (tertiary/aromatic N) is 2. The molecule has 0 amide bonds. The maximum Gasteiger partial charge on any atom is 0.255 e. The SMILES string of the molecule is CCNCc1cc(N(C)CC(F)F)c2ccccc2n1. The molecule has 0 saturated heterocycles. The molecule has 0 fully saturated rings. The van der Waals surface area contributed by atoms with E-state index in [0.717, 1.165) is 28.8 Å². The molecule has 1 heterocycles. The Balaban J connectivity index is 2.43. The first-order valence-corrected chi connectivity index (χ1v) is 6.70. The second kappa shape index (κ2) is 6.61. The third kappa shape index (κ3) is 3.42. The van der Waals surface area contributed by atoms with E-state index in [4.69, 9.17) is 0 Å². The predicted octanol–water partition coefficient (Wildman–Crippen LogP) is 3.05. The van der Waals surface area contributed by atoms with Gasteiger partial charge in [-0.1, -0.05) is 25.1 Å². The molecule has 3 nitrogen and oxygen atoms in total. The van der Waals surface area contributed by atoms with Gasteiger partial charge in [-0.15, -0.1) is 0 Å². The van der Waals surface area contributed by atoms with Crippen LogP contribution in [0.2, 0.25) is 0 Å². The smallest absolute Gasteiger partial charge is 0.255 e. The van der Waals surface area contributed by atoms with E-state index in [2.05, 4.69) is 10.3 Å². The zero-order valence-corrected chi connectivity index (χ0v) is 11.7. The first kappa shape index (κ1) is 14.7. The fraction of sp³-hybridized carbons (Fsp3) is 0.400. The van der Waals surface area contributed by atoms with Gasteiger partial charge in [0.05, 0.1) is 17.8 Å². The molecule has 1 aromatic heterocycles. The lowest BCUT2D eigenvalue weighted by molar-refractivity contribution is 0.156. The summed E-state index contributed by atoms with van der Waals surface area (Å²) < 4.78 is 25.2. The summed E-state index contributed by atoms with van der Waals surface area (Å²) in [5.74, 6) is 0. The summed E-state index contributed by atoms with van der Waals surface area (Å²) >= 11 is 0. The Hall–Kier alpha value is -1.75. The topological polar surface area (TPSA) is 28.2 Å². The van der Waals surface area contributed by atoms with Crippen LogP contribution < -0.4 is 10.2 Å². The van der Waals surface area contributed by atoms with Gasteiger partial charge < -0.3 is 10.2 Å². The highest BCUT2D eigenvalue weighted by atomic mass is 19.3. The number of benzene rings is 1. The second-order valence-corrected chi connectivity index (χ2v) is 4.70.